The number of fused-ring (bicyclic) bond motifs is 1. The lowest BCUT2D eigenvalue weighted by Gasteiger charge is -2.05. The second-order valence-electron chi connectivity index (χ2n) is 4.39. The number of hydrogen-bond donors (Lipinski definition) is 1. The Hall–Kier alpha value is -2.00. The summed E-state index contributed by atoms with van der Waals surface area (Å²) in [4.78, 5) is 4.45. The van der Waals surface area contributed by atoms with Gasteiger partial charge in [0.25, 0.3) is 0 Å². The first-order chi connectivity index (χ1) is 9.02. The highest BCUT2D eigenvalue weighted by Crippen LogP contribution is 2.21. The van der Waals surface area contributed by atoms with E-state index in [4.69, 9.17) is 17.3 Å². The molecule has 0 atom stereocenters. The summed E-state index contributed by atoms with van der Waals surface area (Å²) in [6.07, 6.45) is 7.38. The molecule has 0 amide bonds. The van der Waals surface area contributed by atoms with E-state index in [0.717, 1.165) is 22.3 Å². The van der Waals surface area contributed by atoms with Gasteiger partial charge in [-0.2, -0.15) is 0 Å². The van der Waals surface area contributed by atoms with E-state index < -0.39 is 0 Å². The van der Waals surface area contributed by atoms with E-state index in [1.807, 2.05) is 35.9 Å². The van der Waals surface area contributed by atoms with E-state index in [0.29, 0.717) is 10.7 Å². The number of nitrogens with zero attached hydrogens (tertiary/aromatic N) is 2. The van der Waals surface area contributed by atoms with Gasteiger partial charge in [0, 0.05) is 29.2 Å². The molecule has 19 heavy (non-hydrogen) atoms. The van der Waals surface area contributed by atoms with Crippen molar-refractivity contribution in [3.05, 3.63) is 53.5 Å². The zero-order chi connectivity index (χ0) is 14.0. The number of nitrogens with two attached hydrogens (primary N) is 1. The fraction of sp³-hybridized carbons (Fsp3) is 0.133. The van der Waals surface area contributed by atoms with E-state index in [1.165, 1.54) is 0 Å². The van der Waals surface area contributed by atoms with Crippen molar-refractivity contribution in [3.63, 3.8) is 0 Å². The normalized spacial score (nSPS) is 13.5. The van der Waals surface area contributed by atoms with Gasteiger partial charge in [-0.3, -0.25) is 0 Å². The molecule has 0 unspecified atom stereocenters. The van der Waals surface area contributed by atoms with E-state index in [2.05, 4.69) is 11.6 Å². The summed E-state index contributed by atoms with van der Waals surface area (Å²) in [5.41, 5.74) is 9.10. The Morgan fingerprint density at radius 2 is 2.21 bits per heavy atom. The van der Waals surface area contributed by atoms with E-state index >= 15 is 0 Å². The lowest BCUT2D eigenvalue weighted by molar-refractivity contribution is 1.11. The molecule has 2 rings (SSSR count). The van der Waals surface area contributed by atoms with E-state index in [1.54, 1.807) is 19.2 Å². The molecule has 0 bridgehead atoms. The van der Waals surface area contributed by atoms with Crippen molar-refractivity contribution >= 4 is 34.4 Å². The number of rotatable bonds is 3. The fourth-order valence-electron chi connectivity index (χ4n) is 1.80. The molecule has 0 aliphatic carbocycles. The maximum Gasteiger partial charge on any atom is 0.144 e. The molecule has 0 fully saturated rings. The summed E-state index contributed by atoms with van der Waals surface area (Å²) in [5.74, 6) is 0. The monoisotopic (exact) mass is 273 g/mol. The number of halogens is 1. The molecule has 2 aromatic rings. The van der Waals surface area contributed by atoms with Gasteiger partial charge < -0.3 is 10.3 Å². The molecule has 0 aromatic carbocycles. The molecule has 0 aliphatic rings. The summed E-state index contributed by atoms with van der Waals surface area (Å²) in [6, 6.07) is 4.06. The van der Waals surface area contributed by atoms with Gasteiger partial charge in [-0.1, -0.05) is 24.3 Å². The molecule has 0 radical (unpaired) electrons. The number of allylic oxidation sites excluding steroid dienone is 4. The molecule has 2 heterocycles. The lowest BCUT2D eigenvalue weighted by Crippen LogP contribution is -1.96. The highest BCUT2D eigenvalue weighted by Gasteiger charge is 2.05. The molecule has 98 valence electrons. The molecule has 0 saturated carbocycles. The Morgan fingerprint density at radius 1 is 1.47 bits per heavy atom. The number of pyridine rings is 1. The molecule has 0 spiro atoms. The van der Waals surface area contributed by atoms with Crippen LogP contribution in [-0.2, 0) is 0 Å². The number of aromatic nitrogens is 2. The summed E-state index contributed by atoms with van der Waals surface area (Å²) >= 11 is 6.06. The standard InChI is InChI=1S/C15H16ClN3/c1-4-12-8-13-5-6-19(15(13)18-9-12)10(2)7-14(16)11(3)17/h4-9H,1,17H2,2-3H3/b10-7+,14-11-. The Balaban J connectivity index is 2.52. The zero-order valence-corrected chi connectivity index (χ0v) is 11.8. The van der Waals surface area contributed by atoms with Gasteiger partial charge >= 0.3 is 0 Å². The predicted molar refractivity (Wildman–Crippen MR) is 82.5 cm³/mol. The molecule has 2 aromatic heterocycles. The van der Waals surface area contributed by atoms with Crippen LogP contribution in [0.25, 0.3) is 22.8 Å². The molecular formula is C15H16ClN3. The van der Waals surface area contributed by atoms with Crippen molar-refractivity contribution in [3.8, 4) is 0 Å². The second kappa shape index (κ2) is 5.33. The van der Waals surface area contributed by atoms with Crippen LogP contribution < -0.4 is 5.73 Å². The van der Waals surface area contributed by atoms with Gasteiger partial charge in [-0.05, 0) is 37.6 Å². The third kappa shape index (κ3) is 2.71. The summed E-state index contributed by atoms with van der Waals surface area (Å²) in [6.45, 7) is 7.48. The first-order valence-electron chi connectivity index (χ1n) is 5.93. The van der Waals surface area contributed by atoms with Crippen LogP contribution in [0.1, 0.15) is 19.4 Å². The first kappa shape index (κ1) is 13.4. The van der Waals surface area contributed by atoms with Crippen LogP contribution in [0.3, 0.4) is 0 Å². The Bertz CT molecular complexity index is 688. The van der Waals surface area contributed by atoms with Gasteiger partial charge in [0.05, 0.1) is 5.03 Å². The molecule has 0 saturated heterocycles. The molecule has 4 heteroatoms. The quantitative estimate of drug-likeness (QED) is 0.860. The summed E-state index contributed by atoms with van der Waals surface area (Å²) < 4.78 is 1.98. The van der Waals surface area contributed by atoms with Crippen LogP contribution in [0.5, 0.6) is 0 Å². The van der Waals surface area contributed by atoms with Crippen LogP contribution >= 0.6 is 11.6 Å². The van der Waals surface area contributed by atoms with Gasteiger partial charge in [-0.15, -0.1) is 0 Å². The molecule has 3 nitrogen and oxygen atoms in total. The van der Waals surface area contributed by atoms with Gasteiger partial charge in [0.2, 0.25) is 0 Å². The van der Waals surface area contributed by atoms with Crippen molar-refractivity contribution < 1.29 is 0 Å². The smallest absolute Gasteiger partial charge is 0.144 e. The minimum atomic E-state index is 0.544. The van der Waals surface area contributed by atoms with Crippen LogP contribution in [0.15, 0.2) is 47.9 Å². The Labute approximate surface area is 117 Å². The second-order valence-corrected chi connectivity index (χ2v) is 4.80. The maximum absolute atomic E-state index is 6.06. The van der Waals surface area contributed by atoms with Crippen LogP contribution in [0, 0.1) is 0 Å². The van der Waals surface area contributed by atoms with E-state index in [-0.39, 0.29) is 0 Å². The summed E-state index contributed by atoms with van der Waals surface area (Å²) in [7, 11) is 0. The zero-order valence-electron chi connectivity index (χ0n) is 11.0. The third-order valence-electron chi connectivity index (χ3n) is 2.88. The van der Waals surface area contributed by atoms with Crippen molar-refractivity contribution in [2.24, 2.45) is 5.73 Å². The van der Waals surface area contributed by atoms with Crippen molar-refractivity contribution in [1.29, 1.82) is 0 Å². The lowest BCUT2D eigenvalue weighted by atomic mass is 10.2. The minimum Gasteiger partial charge on any atom is -0.401 e. The molecular weight excluding hydrogens is 258 g/mol. The third-order valence-corrected chi connectivity index (χ3v) is 3.28. The van der Waals surface area contributed by atoms with Crippen molar-refractivity contribution in [1.82, 2.24) is 9.55 Å². The summed E-state index contributed by atoms with van der Waals surface area (Å²) in [5, 5.41) is 1.61. The SMILES string of the molecule is C=Cc1cnc2c(ccn2/C(C)=C/C(Cl)=C(\C)N)c1. The first-order valence-corrected chi connectivity index (χ1v) is 6.31. The van der Waals surface area contributed by atoms with Crippen molar-refractivity contribution in [2.45, 2.75) is 13.8 Å². The van der Waals surface area contributed by atoms with Gasteiger partial charge in [0.15, 0.2) is 0 Å². The maximum atomic E-state index is 6.06. The number of hydrogen-bond acceptors (Lipinski definition) is 2. The van der Waals surface area contributed by atoms with Crippen LogP contribution in [0.2, 0.25) is 0 Å². The Morgan fingerprint density at radius 3 is 2.84 bits per heavy atom. The molecule has 2 N–H and O–H groups in total. The average molecular weight is 274 g/mol. The van der Waals surface area contributed by atoms with Crippen molar-refractivity contribution in [2.75, 3.05) is 0 Å². The minimum absolute atomic E-state index is 0.544. The highest BCUT2D eigenvalue weighted by atomic mass is 35.5. The highest BCUT2D eigenvalue weighted by molar-refractivity contribution is 6.31. The largest absolute Gasteiger partial charge is 0.401 e. The Kier molecular flexibility index (Phi) is 3.76. The predicted octanol–water partition coefficient (Wildman–Crippen LogP) is 3.97. The van der Waals surface area contributed by atoms with Crippen LogP contribution in [-0.4, -0.2) is 9.55 Å². The molecule has 0 aliphatic heterocycles. The average Bonchev–Trinajstić information content (AvgIpc) is 2.81. The van der Waals surface area contributed by atoms with Gasteiger partial charge in [0.1, 0.15) is 5.65 Å². The topological polar surface area (TPSA) is 43.8 Å². The van der Waals surface area contributed by atoms with Gasteiger partial charge in [-0.25, -0.2) is 4.98 Å². The van der Waals surface area contributed by atoms with Crippen LogP contribution in [0.4, 0.5) is 0 Å². The van der Waals surface area contributed by atoms with E-state index in [9.17, 15) is 0 Å². The fourth-order valence-corrected chi connectivity index (χ4v) is 1.96.